The Morgan fingerprint density at radius 1 is 0.733 bits per heavy atom. The number of rotatable bonds is 4. The molecule has 0 aromatic rings. The van der Waals surface area contributed by atoms with E-state index in [0.29, 0.717) is 0 Å². The lowest BCUT2D eigenvalue weighted by Gasteiger charge is -2.16. The molecule has 15 heavy (non-hydrogen) atoms. The Balaban J connectivity index is 0. The van der Waals surface area contributed by atoms with Crippen molar-refractivity contribution in [2.24, 2.45) is 0 Å². The van der Waals surface area contributed by atoms with Crippen LogP contribution in [-0.2, 0) is 0 Å². The van der Waals surface area contributed by atoms with Crippen LogP contribution in [-0.4, -0.2) is 12.1 Å². The van der Waals surface area contributed by atoms with Gasteiger partial charge in [0.1, 0.15) is 0 Å². The molecular weight excluding hydrogens is 215 g/mol. The Bertz CT molecular complexity index is 135. The van der Waals surface area contributed by atoms with Crippen LogP contribution < -0.4 is 0 Å². The molecule has 0 unspecified atom stereocenters. The van der Waals surface area contributed by atoms with Crippen LogP contribution in [0.1, 0.15) is 52.9 Å². The molecule has 0 saturated heterocycles. The van der Waals surface area contributed by atoms with E-state index >= 15 is 0 Å². The van der Waals surface area contributed by atoms with E-state index in [0.717, 1.165) is 6.92 Å². The van der Waals surface area contributed by atoms with E-state index in [2.05, 4.69) is 13.8 Å². The highest BCUT2D eigenvalue weighted by Gasteiger charge is 2.55. The molecule has 0 bridgehead atoms. The van der Waals surface area contributed by atoms with Crippen LogP contribution in [0.3, 0.4) is 0 Å². The summed E-state index contributed by atoms with van der Waals surface area (Å²) in [6, 6.07) is 0. The fourth-order valence-electron chi connectivity index (χ4n) is 0.700. The summed E-state index contributed by atoms with van der Waals surface area (Å²) < 4.78 is 56.3. The van der Waals surface area contributed by atoms with E-state index < -0.39 is 18.5 Å². The number of halogens is 5. The molecule has 0 heterocycles. The second-order valence-electron chi connectivity index (χ2n) is 3.26. The first kappa shape index (κ1) is 17.1. The third kappa shape index (κ3) is 8.63. The standard InChI is InChI=1S/C6H14.C4H5F5/c1-3-5-6-4-2;1-2-3(5,6)4(7,8)9/h3-6H2,1-2H3;2H2,1H3. The van der Waals surface area contributed by atoms with Gasteiger partial charge in [-0.05, 0) is 0 Å². The van der Waals surface area contributed by atoms with Crippen LogP contribution >= 0.6 is 0 Å². The summed E-state index contributed by atoms with van der Waals surface area (Å²) in [5.41, 5.74) is 0. The first-order chi connectivity index (χ1) is 6.72. The second-order valence-corrected chi connectivity index (χ2v) is 3.26. The monoisotopic (exact) mass is 234 g/mol. The first-order valence-electron chi connectivity index (χ1n) is 5.17. The van der Waals surface area contributed by atoms with Crippen LogP contribution in [0.25, 0.3) is 0 Å². The lowest BCUT2D eigenvalue weighted by atomic mass is 10.2. The molecule has 0 saturated carbocycles. The minimum Gasteiger partial charge on any atom is -0.196 e. The molecule has 0 aliphatic rings. The molecule has 0 aliphatic heterocycles. The van der Waals surface area contributed by atoms with Gasteiger partial charge in [0.2, 0.25) is 0 Å². The van der Waals surface area contributed by atoms with Crippen LogP contribution in [0, 0.1) is 0 Å². The van der Waals surface area contributed by atoms with Gasteiger partial charge in [-0.3, -0.25) is 0 Å². The highest BCUT2D eigenvalue weighted by atomic mass is 19.4. The van der Waals surface area contributed by atoms with Crippen LogP contribution in [0.15, 0.2) is 0 Å². The molecule has 0 amide bonds. The molecule has 0 aromatic heterocycles. The third-order valence-corrected chi connectivity index (χ3v) is 1.82. The van der Waals surface area contributed by atoms with E-state index in [1.54, 1.807) is 0 Å². The summed E-state index contributed by atoms with van der Waals surface area (Å²) >= 11 is 0. The Kier molecular flexibility index (Phi) is 8.96. The third-order valence-electron chi connectivity index (χ3n) is 1.82. The zero-order valence-corrected chi connectivity index (χ0v) is 9.43. The molecule has 5 heteroatoms. The van der Waals surface area contributed by atoms with Crippen molar-refractivity contribution in [1.29, 1.82) is 0 Å². The number of hydrogen-bond acceptors (Lipinski definition) is 0. The summed E-state index contributed by atoms with van der Waals surface area (Å²) in [6.07, 6.45) is -1.05. The summed E-state index contributed by atoms with van der Waals surface area (Å²) in [4.78, 5) is 0. The molecule has 0 nitrogen and oxygen atoms in total. The van der Waals surface area contributed by atoms with Crippen molar-refractivity contribution in [2.45, 2.75) is 65.0 Å². The number of alkyl halides is 5. The Morgan fingerprint density at radius 2 is 1.07 bits per heavy atom. The van der Waals surface area contributed by atoms with Gasteiger partial charge in [0.15, 0.2) is 0 Å². The largest absolute Gasteiger partial charge is 0.453 e. The van der Waals surface area contributed by atoms with Gasteiger partial charge in [-0.25, -0.2) is 0 Å². The smallest absolute Gasteiger partial charge is 0.196 e. The molecule has 0 rings (SSSR count). The first-order valence-corrected chi connectivity index (χ1v) is 5.17. The van der Waals surface area contributed by atoms with Gasteiger partial charge in [0.05, 0.1) is 0 Å². The van der Waals surface area contributed by atoms with Crippen molar-refractivity contribution in [3.8, 4) is 0 Å². The zero-order chi connectivity index (χ0) is 12.5. The summed E-state index contributed by atoms with van der Waals surface area (Å²) in [6.45, 7) is 5.25. The lowest BCUT2D eigenvalue weighted by molar-refractivity contribution is -0.282. The van der Waals surface area contributed by atoms with Crippen molar-refractivity contribution in [3.63, 3.8) is 0 Å². The summed E-state index contributed by atoms with van der Waals surface area (Å²) in [5.74, 6) is -4.52. The second kappa shape index (κ2) is 7.88. The molecule has 0 radical (unpaired) electrons. The maximum absolute atomic E-state index is 11.5. The van der Waals surface area contributed by atoms with Gasteiger partial charge in [0, 0.05) is 6.42 Å². The van der Waals surface area contributed by atoms with E-state index in [4.69, 9.17) is 0 Å². The van der Waals surface area contributed by atoms with Crippen LogP contribution in [0.5, 0.6) is 0 Å². The molecular formula is C10H19F5. The summed E-state index contributed by atoms with van der Waals surface area (Å²) in [7, 11) is 0. The molecule has 0 aliphatic carbocycles. The van der Waals surface area contributed by atoms with Gasteiger partial charge >= 0.3 is 12.1 Å². The van der Waals surface area contributed by atoms with Crippen molar-refractivity contribution < 1.29 is 22.0 Å². The van der Waals surface area contributed by atoms with Gasteiger partial charge in [-0.2, -0.15) is 22.0 Å². The molecule has 0 spiro atoms. The predicted octanol–water partition coefficient (Wildman–Crippen LogP) is 5.18. The fourth-order valence-corrected chi connectivity index (χ4v) is 0.700. The quantitative estimate of drug-likeness (QED) is 0.464. The predicted molar refractivity (Wildman–Crippen MR) is 51.1 cm³/mol. The van der Waals surface area contributed by atoms with E-state index in [1.807, 2.05) is 0 Å². The highest BCUT2D eigenvalue weighted by molar-refractivity contribution is 4.72. The van der Waals surface area contributed by atoms with Crippen LogP contribution in [0.4, 0.5) is 22.0 Å². The molecule has 0 fully saturated rings. The average molecular weight is 234 g/mol. The number of unbranched alkanes of at least 4 members (excludes halogenated alkanes) is 3. The van der Waals surface area contributed by atoms with Crippen molar-refractivity contribution in [1.82, 2.24) is 0 Å². The van der Waals surface area contributed by atoms with Crippen molar-refractivity contribution in [2.75, 3.05) is 0 Å². The normalized spacial score (nSPS) is 12.0. The van der Waals surface area contributed by atoms with Crippen LogP contribution in [0.2, 0.25) is 0 Å². The minimum atomic E-state index is -5.39. The molecule has 0 N–H and O–H groups in total. The molecule has 0 atom stereocenters. The Hall–Kier alpha value is -0.350. The van der Waals surface area contributed by atoms with Gasteiger partial charge in [0.25, 0.3) is 0 Å². The van der Waals surface area contributed by atoms with E-state index in [1.165, 1.54) is 25.7 Å². The fraction of sp³-hybridized carbons (Fsp3) is 1.00. The number of hydrogen-bond donors (Lipinski definition) is 0. The average Bonchev–Trinajstić information content (AvgIpc) is 2.14. The lowest BCUT2D eigenvalue weighted by Crippen LogP contribution is -2.35. The Morgan fingerprint density at radius 3 is 1.13 bits per heavy atom. The molecule has 0 aromatic carbocycles. The minimum absolute atomic E-state index is 0.785. The Labute approximate surface area is 87.9 Å². The zero-order valence-electron chi connectivity index (χ0n) is 9.43. The molecule has 94 valence electrons. The SMILES string of the molecule is CCC(F)(F)C(F)(F)F.CCCCCC. The van der Waals surface area contributed by atoms with E-state index in [-0.39, 0.29) is 0 Å². The highest BCUT2D eigenvalue weighted by Crippen LogP contribution is 2.37. The summed E-state index contributed by atoms with van der Waals surface area (Å²) in [5, 5.41) is 0. The van der Waals surface area contributed by atoms with Gasteiger partial charge < -0.3 is 0 Å². The van der Waals surface area contributed by atoms with E-state index in [9.17, 15) is 22.0 Å². The topological polar surface area (TPSA) is 0 Å². The van der Waals surface area contributed by atoms with Gasteiger partial charge in [-0.1, -0.05) is 46.5 Å². The van der Waals surface area contributed by atoms with Crippen molar-refractivity contribution >= 4 is 0 Å². The van der Waals surface area contributed by atoms with Gasteiger partial charge in [-0.15, -0.1) is 0 Å². The maximum Gasteiger partial charge on any atom is 0.453 e. The maximum atomic E-state index is 11.5. The van der Waals surface area contributed by atoms with Crippen molar-refractivity contribution in [3.05, 3.63) is 0 Å².